The quantitative estimate of drug-likeness (QED) is 0.537. The van der Waals surface area contributed by atoms with Gasteiger partial charge < -0.3 is 4.74 Å². The smallest absolute Gasteiger partial charge is 0.417 e. The molecule has 0 bridgehead atoms. The summed E-state index contributed by atoms with van der Waals surface area (Å²) in [4.78, 5) is 19.7. The molecule has 0 spiro atoms. The van der Waals surface area contributed by atoms with Crippen molar-refractivity contribution in [3.63, 3.8) is 0 Å². The van der Waals surface area contributed by atoms with Gasteiger partial charge in [-0.05, 0) is 24.1 Å². The molecule has 0 aromatic heterocycles. The minimum atomic E-state index is -0.469. The fourth-order valence-electron chi connectivity index (χ4n) is 1.06. The van der Waals surface area contributed by atoms with Gasteiger partial charge in [0.1, 0.15) is 6.61 Å². The van der Waals surface area contributed by atoms with Gasteiger partial charge >= 0.3 is 6.47 Å². The Morgan fingerprint density at radius 3 is 2.79 bits per heavy atom. The largest absolute Gasteiger partial charge is 0.452 e. The Hall–Kier alpha value is -1.91. The zero-order valence-electron chi connectivity index (χ0n) is 7.52. The standard InChI is InChI=1S/C9H8NO4/c1-7-4-9(10(12)13)3-2-8(7)5-14-6-11/h2-4H,5H2,1H3. The van der Waals surface area contributed by atoms with E-state index in [1.54, 1.807) is 13.0 Å². The molecule has 1 aromatic carbocycles. The van der Waals surface area contributed by atoms with Crippen LogP contribution in [0.2, 0.25) is 0 Å². The average Bonchev–Trinajstić information content (AvgIpc) is 2.15. The van der Waals surface area contributed by atoms with E-state index in [4.69, 9.17) is 0 Å². The molecule has 5 heteroatoms. The van der Waals surface area contributed by atoms with Gasteiger partial charge in [0.05, 0.1) is 4.92 Å². The molecule has 1 radical (unpaired) electrons. The van der Waals surface area contributed by atoms with Crippen LogP contribution < -0.4 is 0 Å². The second-order valence-electron chi connectivity index (χ2n) is 2.74. The number of nitro benzene ring substituents is 1. The number of benzene rings is 1. The maximum absolute atomic E-state index is 10.4. The molecule has 0 amide bonds. The summed E-state index contributed by atoms with van der Waals surface area (Å²) >= 11 is 0. The maximum Gasteiger partial charge on any atom is 0.417 e. The number of aryl methyl sites for hydroxylation is 1. The van der Waals surface area contributed by atoms with E-state index >= 15 is 0 Å². The molecule has 5 nitrogen and oxygen atoms in total. The van der Waals surface area contributed by atoms with Crippen LogP contribution in [-0.2, 0) is 16.1 Å². The molecule has 0 atom stereocenters. The van der Waals surface area contributed by atoms with Gasteiger partial charge in [0.25, 0.3) is 5.69 Å². The molecule has 0 saturated carbocycles. The van der Waals surface area contributed by atoms with Gasteiger partial charge in [-0.3, -0.25) is 10.1 Å². The van der Waals surface area contributed by atoms with Crippen molar-refractivity contribution < 1.29 is 14.5 Å². The van der Waals surface area contributed by atoms with Crippen molar-refractivity contribution in [2.45, 2.75) is 13.5 Å². The van der Waals surface area contributed by atoms with Gasteiger partial charge in [-0.25, -0.2) is 4.79 Å². The minimum absolute atomic E-state index is 0.0290. The zero-order valence-corrected chi connectivity index (χ0v) is 7.52. The number of nitro groups is 1. The highest BCUT2D eigenvalue weighted by Gasteiger charge is 2.07. The van der Waals surface area contributed by atoms with E-state index in [9.17, 15) is 14.9 Å². The van der Waals surface area contributed by atoms with Crippen LogP contribution in [0.5, 0.6) is 0 Å². The Morgan fingerprint density at radius 2 is 2.29 bits per heavy atom. The Balaban J connectivity index is 2.89. The normalized spacial score (nSPS) is 9.50. The predicted molar refractivity (Wildman–Crippen MR) is 48.3 cm³/mol. The molecule has 0 aliphatic rings. The second-order valence-corrected chi connectivity index (χ2v) is 2.74. The second kappa shape index (κ2) is 4.36. The van der Waals surface area contributed by atoms with Crippen LogP contribution in [0.15, 0.2) is 18.2 Å². The van der Waals surface area contributed by atoms with Crippen LogP contribution in [0, 0.1) is 17.0 Å². The first-order valence-electron chi connectivity index (χ1n) is 3.88. The van der Waals surface area contributed by atoms with Crippen LogP contribution >= 0.6 is 0 Å². The number of nitrogens with zero attached hydrogens (tertiary/aromatic N) is 1. The van der Waals surface area contributed by atoms with E-state index in [-0.39, 0.29) is 12.3 Å². The topological polar surface area (TPSA) is 69.4 Å². The van der Waals surface area contributed by atoms with Crippen LogP contribution in [0.3, 0.4) is 0 Å². The first-order chi connectivity index (χ1) is 6.65. The molecular weight excluding hydrogens is 186 g/mol. The highest BCUT2D eigenvalue weighted by molar-refractivity contribution is 5.41. The number of rotatable bonds is 4. The van der Waals surface area contributed by atoms with Crippen molar-refractivity contribution in [1.82, 2.24) is 0 Å². The third-order valence-electron chi connectivity index (χ3n) is 1.82. The number of hydrogen-bond donors (Lipinski definition) is 0. The average molecular weight is 194 g/mol. The molecule has 0 unspecified atom stereocenters. The lowest BCUT2D eigenvalue weighted by Gasteiger charge is -2.02. The lowest BCUT2D eigenvalue weighted by atomic mass is 10.1. The van der Waals surface area contributed by atoms with Crippen LogP contribution in [-0.4, -0.2) is 11.4 Å². The minimum Gasteiger partial charge on any atom is -0.452 e. The third-order valence-corrected chi connectivity index (χ3v) is 1.82. The van der Waals surface area contributed by atoms with Crippen molar-refractivity contribution in [2.24, 2.45) is 0 Å². The summed E-state index contributed by atoms with van der Waals surface area (Å²) in [5, 5.41) is 10.4. The van der Waals surface area contributed by atoms with Gasteiger partial charge in [0.2, 0.25) is 0 Å². The summed E-state index contributed by atoms with van der Waals surface area (Å²) in [7, 11) is 0. The SMILES string of the molecule is Cc1cc([N+](=O)[O-])ccc1CO[C]=O. The van der Waals surface area contributed by atoms with Crippen LogP contribution in [0.1, 0.15) is 11.1 Å². The molecule has 1 aromatic rings. The van der Waals surface area contributed by atoms with Crippen LogP contribution in [0.25, 0.3) is 0 Å². The van der Waals surface area contributed by atoms with Crippen molar-refractivity contribution in [2.75, 3.05) is 0 Å². The van der Waals surface area contributed by atoms with Crippen molar-refractivity contribution in [3.05, 3.63) is 39.4 Å². The molecule has 0 heterocycles. The molecule has 14 heavy (non-hydrogen) atoms. The third kappa shape index (κ3) is 2.29. The Kier molecular flexibility index (Phi) is 3.17. The lowest BCUT2D eigenvalue weighted by Crippen LogP contribution is -1.95. The molecule has 0 saturated heterocycles. The summed E-state index contributed by atoms with van der Waals surface area (Å²) in [6, 6.07) is 4.37. The summed E-state index contributed by atoms with van der Waals surface area (Å²) in [5.74, 6) is 0. The van der Waals surface area contributed by atoms with Gasteiger partial charge in [-0.15, -0.1) is 0 Å². The maximum atomic E-state index is 10.4. The highest BCUT2D eigenvalue weighted by Crippen LogP contribution is 2.17. The van der Waals surface area contributed by atoms with E-state index in [2.05, 4.69) is 4.74 Å². The van der Waals surface area contributed by atoms with Crippen molar-refractivity contribution in [3.8, 4) is 0 Å². The van der Waals surface area contributed by atoms with Gasteiger partial charge in [-0.1, -0.05) is 0 Å². The lowest BCUT2D eigenvalue weighted by molar-refractivity contribution is -0.384. The molecule has 0 fully saturated rings. The van der Waals surface area contributed by atoms with Gasteiger partial charge in [-0.2, -0.15) is 0 Å². The number of hydrogen-bond acceptors (Lipinski definition) is 4. The fraction of sp³-hybridized carbons (Fsp3) is 0.222. The zero-order chi connectivity index (χ0) is 10.6. The summed E-state index contributed by atoms with van der Waals surface area (Å²) in [5.41, 5.74) is 1.48. The Bertz CT molecular complexity index is 362. The van der Waals surface area contributed by atoms with Gasteiger partial charge in [0.15, 0.2) is 0 Å². The summed E-state index contributed by atoms with van der Waals surface area (Å²) < 4.78 is 4.43. The summed E-state index contributed by atoms with van der Waals surface area (Å²) in [6.45, 7) is 3.11. The molecule has 0 aliphatic heterocycles. The highest BCUT2D eigenvalue weighted by atomic mass is 16.6. The first-order valence-corrected chi connectivity index (χ1v) is 3.88. The molecule has 0 N–H and O–H groups in total. The number of carbonyl (C=O) groups excluding carboxylic acids is 1. The number of ether oxygens (including phenoxy) is 1. The van der Waals surface area contributed by atoms with E-state index in [1.165, 1.54) is 18.6 Å². The Labute approximate surface area is 80.5 Å². The molecular formula is C9H8NO4. The van der Waals surface area contributed by atoms with E-state index in [0.29, 0.717) is 0 Å². The van der Waals surface area contributed by atoms with E-state index < -0.39 is 4.92 Å². The first kappa shape index (κ1) is 10.2. The molecule has 1 rings (SSSR count). The fourth-order valence-corrected chi connectivity index (χ4v) is 1.06. The van der Waals surface area contributed by atoms with E-state index in [1.807, 2.05) is 0 Å². The molecule has 73 valence electrons. The monoisotopic (exact) mass is 194 g/mol. The summed E-state index contributed by atoms with van der Waals surface area (Å²) in [6.07, 6.45) is 0. The molecule has 0 aliphatic carbocycles. The van der Waals surface area contributed by atoms with Crippen molar-refractivity contribution in [1.29, 1.82) is 0 Å². The van der Waals surface area contributed by atoms with Crippen molar-refractivity contribution >= 4 is 12.2 Å². The van der Waals surface area contributed by atoms with Crippen LogP contribution in [0.4, 0.5) is 5.69 Å². The Morgan fingerprint density at radius 1 is 1.57 bits per heavy atom. The van der Waals surface area contributed by atoms with E-state index in [0.717, 1.165) is 11.1 Å². The number of non-ortho nitro benzene ring substituents is 1. The van der Waals surface area contributed by atoms with Gasteiger partial charge in [0, 0.05) is 12.1 Å². The predicted octanol–water partition coefficient (Wildman–Crippen LogP) is 1.49.